The Morgan fingerprint density at radius 3 is 2.75 bits per heavy atom. The van der Waals surface area contributed by atoms with Crippen LogP contribution in [0.5, 0.6) is 0 Å². The number of benzene rings is 1. The fourth-order valence-corrected chi connectivity index (χ4v) is 5.29. The monoisotopic (exact) mass is 393 g/mol. The van der Waals surface area contributed by atoms with Crippen molar-refractivity contribution < 1.29 is 23.9 Å². The first-order valence-corrected chi connectivity index (χ1v) is 8.84. The molecule has 24 heavy (non-hydrogen) atoms. The largest absolute Gasteiger partial charge is 0.461 e. The molecule has 0 radical (unpaired) electrons. The zero-order valence-electron chi connectivity index (χ0n) is 12.7. The predicted molar refractivity (Wildman–Crippen MR) is 87.2 cm³/mol. The van der Waals surface area contributed by atoms with E-state index in [-0.39, 0.29) is 35.3 Å². The Balaban J connectivity index is 1.37. The van der Waals surface area contributed by atoms with Gasteiger partial charge in [-0.15, -0.1) is 0 Å². The molecule has 1 saturated heterocycles. The number of rotatable bonds is 4. The van der Waals surface area contributed by atoms with Crippen molar-refractivity contribution in [2.75, 3.05) is 11.9 Å². The smallest absolute Gasteiger partial charge is 0.310 e. The number of esters is 2. The molecule has 0 unspecified atom stereocenters. The molecule has 1 aromatic rings. The van der Waals surface area contributed by atoms with Crippen molar-refractivity contribution in [2.45, 2.75) is 17.4 Å². The number of nitrogens with one attached hydrogen (secondary N) is 1. The highest BCUT2D eigenvalue weighted by atomic mass is 79.9. The number of anilines is 1. The van der Waals surface area contributed by atoms with Crippen LogP contribution in [0, 0.1) is 23.7 Å². The molecule has 3 aliphatic rings. The van der Waals surface area contributed by atoms with Crippen LogP contribution in [-0.4, -0.2) is 35.4 Å². The van der Waals surface area contributed by atoms with Crippen molar-refractivity contribution in [3.63, 3.8) is 0 Å². The molecule has 6 nitrogen and oxygen atoms in total. The fourth-order valence-electron chi connectivity index (χ4n) is 4.25. The molecule has 2 bridgehead atoms. The number of hydrogen-bond acceptors (Lipinski definition) is 5. The van der Waals surface area contributed by atoms with E-state index >= 15 is 0 Å². The van der Waals surface area contributed by atoms with Crippen LogP contribution in [0.4, 0.5) is 5.69 Å². The summed E-state index contributed by atoms with van der Waals surface area (Å²) < 4.78 is 10.5. The minimum atomic E-state index is -0.518. The van der Waals surface area contributed by atoms with Gasteiger partial charge in [-0.05, 0) is 24.5 Å². The second-order valence-corrected chi connectivity index (χ2v) is 7.54. The van der Waals surface area contributed by atoms with E-state index in [2.05, 4.69) is 21.2 Å². The van der Waals surface area contributed by atoms with Gasteiger partial charge in [-0.1, -0.05) is 34.1 Å². The molecule has 2 saturated carbocycles. The minimum absolute atomic E-state index is 0.0131. The number of ether oxygens (including phenoxy) is 2. The van der Waals surface area contributed by atoms with E-state index in [1.807, 2.05) is 6.07 Å². The summed E-state index contributed by atoms with van der Waals surface area (Å²) in [5, 5.41) is 2.66. The Morgan fingerprint density at radius 1 is 1.25 bits per heavy atom. The van der Waals surface area contributed by atoms with Crippen molar-refractivity contribution in [1.29, 1.82) is 0 Å². The molecular formula is C17H16BrNO5. The van der Waals surface area contributed by atoms with Crippen LogP contribution in [-0.2, 0) is 23.9 Å². The lowest BCUT2D eigenvalue weighted by Gasteiger charge is -2.26. The van der Waals surface area contributed by atoms with Crippen LogP contribution in [0.1, 0.15) is 6.42 Å². The Hall–Kier alpha value is -1.89. The van der Waals surface area contributed by atoms with Gasteiger partial charge in [0, 0.05) is 11.6 Å². The number of carbonyl (C=O) groups excluding carboxylic acids is 3. The average Bonchev–Trinajstić information content (AvgIpc) is 3.18. The van der Waals surface area contributed by atoms with Gasteiger partial charge >= 0.3 is 11.9 Å². The van der Waals surface area contributed by atoms with Crippen molar-refractivity contribution in [3.8, 4) is 0 Å². The molecule has 0 aromatic heterocycles. The van der Waals surface area contributed by atoms with Crippen molar-refractivity contribution in [2.24, 2.45) is 23.7 Å². The lowest BCUT2D eigenvalue weighted by molar-refractivity contribution is -0.157. The van der Waals surface area contributed by atoms with Crippen molar-refractivity contribution >= 4 is 39.5 Å². The minimum Gasteiger partial charge on any atom is -0.461 e. The van der Waals surface area contributed by atoms with Gasteiger partial charge in [0.1, 0.15) is 6.10 Å². The second kappa shape index (κ2) is 5.88. The lowest BCUT2D eigenvalue weighted by atomic mass is 9.80. The van der Waals surface area contributed by atoms with E-state index in [9.17, 15) is 14.4 Å². The number of para-hydroxylation sites is 1. The van der Waals surface area contributed by atoms with Gasteiger partial charge < -0.3 is 14.8 Å². The van der Waals surface area contributed by atoms with Gasteiger partial charge in [0.15, 0.2) is 6.61 Å². The van der Waals surface area contributed by atoms with Crippen LogP contribution in [0.15, 0.2) is 30.3 Å². The molecule has 1 aliphatic heterocycles. The first kappa shape index (κ1) is 15.6. The van der Waals surface area contributed by atoms with Crippen molar-refractivity contribution in [1.82, 2.24) is 0 Å². The first-order valence-electron chi connectivity index (χ1n) is 7.92. The van der Waals surface area contributed by atoms with Gasteiger partial charge in [0.25, 0.3) is 5.91 Å². The molecule has 126 valence electrons. The number of carbonyl (C=O) groups is 3. The van der Waals surface area contributed by atoms with E-state index in [0.717, 1.165) is 6.42 Å². The van der Waals surface area contributed by atoms with E-state index in [0.29, 0.717) is 5.69 Å². The Morgan fingerprint density at radius 2 is 2.00 bits per heavy atom. The Labute approximate surface area is 147 Å². The first-order chi connectivity index (χ1) is 11.6. The molecule has 4 rings (SSSR count). The maximum Gasteiger partial charge on any atom is 0.310 e. The zero-order chi connectivity index (χ0) is 16.8. The molecule has 1 aromatic carbocycles. The molecule has 1 amide bonds. The molecule has 3 fully saturated rings. The van der Waals surface area contributed by atoms with Gasteiger partial charge in [-0.25, -0.2) is 0 Å². The molecule has 0 spiro atoms. The van der Waals surface area contributed by atoms with Gasteiger partial charge in [-0.3, -0.25) is 14.4 Å². The van der Waals surface area contributed by atoms with E-state index < -0.39 is 23.7 Å². The van der Waals surface area contributed by atoms with E-state index in [4.69, 9.17) is 9.47 Å². The summed E-state index contributed by atoms with van der Waals surface area (Å²) in [4.78, 5) is 36.3. The second-order valence-electron chi connectivity index (χ2n) is 6.48. The molecule has 1 heterocycles. The number of halogens is 1. The third-order valence-corrected chi connectivity index (χ3v) is 6.40. The summed E-state index contributed by atoms with van der Waals surface area (Å²) in [5.74, 6) is -2.03. The standard InChI is InChI=1S/C17H16BrNO5/c18-14-9-6-10-13(17(22)24-15(10)14)12(9)16(21)23-7-11(20)19-8-4-2-1-3-5-8/h1-5,9-10,12-15H,6-7H2,(H,19,20)/t9-,10-,12-,13-,14+,15+/m1/s1. The molecule has 6 atom stereocenters. The van der Waals surface area contributed by atoms with Gasteiger partial charge in [0.2, 0.25) is 0 Å². The van der Waals surface area contributed by atoms with Crippen LogP contribution in [0.3, 0.4) is 0 Å². The van der Waals surface area contributed by atoms with Gasteiger partial charge in [0.05, 0.1) is 16.7 Å². The fraction of sp³-hybridized carbons (Fsp3) is 0.471. The maximum atomic E-state index is 12.4. The number of fused-ring (bicyclic) bond motifs is 1. The molecule has 7 heteroatoms. The Bertz CT molecular complexity index is 693. The number of hydrogen-bond donors (Lipinski definition) is 1. The van der Waals surface area contributed by atoms with E-state index in [1.165, 1.54) is 0 Å². The van der Waals surface area contributed by atoms with Crippen LogP contribution >= 0.6 is 15.9 Å². The van der Waals surface area contributed by atoms with Crippen LogP contribution < -0.4 is 5.32 Å². The SMILES string of the molecule is O=C(COC(=O)[C@@H]1[C@H]2C[C@H]3[C@H](OC(=O)[C@H]31)[C@H]2Br)Nc1ccccc1. The average molecular weight is 394 g/mol. The normalized spacial score (nSPS) is 35.6. The van der Waals surface area contributed by atoms with Crippen molar-refractivity contribution in [3.05, 3.63) is 30.3 Å². The summed E-state index contributed by atoms with van der Waals surface area (Å²) in [6.07, 6.45) is 0.658. The van der Waals surface area contributed by atoms with E-state index in [1.54, 1.807) is 24.3 Å². The highest BCUT2D eigenvalue weighted by Gasteiger charge is 2.68. The molecular weight excluding hydrogens is 378 g/mol. The summed E-state index contributed by atoms with van der Waals surface area (Å²) in [5.41, 5.74) is 0.640. The summed E-state index contributed by atoms with van der Waals surface area (Å²) in [7, 11) is 0. The van der Waals surface area contributed by atoms with Gasteiger partial charge in [-0.2, -0.15) is 0 Å². The number of amides is 1. The summed E-state index contributed by atoms with van der Waals surface area (Å²) in [6.45, 7) is -0.361. The number of alkyl halides is 1. The quantitative estimate of drug-likeness (QED) is 0.622. The summed E-state index contributed by atoms with van der Waals surface area (Å²) >= 11 is 3.54. The van der Waals surface area contributed by atoms with Crippen LogP contribution in [0.2, 0.25) is 0 Å². The maximum absolute atomic E-state index is 12.4. The third kappa shape index (κ3) is 2.42. The molecule has 1 N–H and O–H groups in total. The highest BCUT2D eigenvalue weighted by molar-refractivity contribution is 9.09. The predicted octanol–water partition coefficient (Wildman–Crippen LogP) is 1.74. The topological polar surface area (TPSA) is 81.7 Å². The highest BCUT2D eigenvalue weighted by Crippen LogP contribution is 2.60. The lowest BCUT2D eigenvalue weighted by Crippen LogP contribution is -2.39. The zero-order valence-corrected chi connectivity index (χ0v) is 14.3. The third-order valence-electron chi connectivity index (χ3n) is 5.20. The van der Waals surface area contributed by atoms with Crippen LogP contribution in [0.25, 0.3) is 0 Å². The Kier molecular flexibility index (Phi) is 3.83. The molecule has 2 aliphatic carbocycles. The summed E-state index contributed by atoms with van der Waals surface area (Å²) in [6, 6.07) is 8.94.